The van der Waals surface area contributed by atoms with Crippen molar-refractivity contribution >= 4 is 50.5 Å². The van der Waals surface area contributed by atoms with E-state index in [0.717, 1.165) is 21.5 Å². The first-order chi connectivity index (χ1) is 18.7. The van der Waals surface area contributed by atoms with Gasteiger partial charge in [-0.25, -0.2) is 14.6 Å². The molecular formula is C25H17BrCl2F3N7S. The van der Waals surface area contributed by atoms with E-state index < -0.39 is 11.6 Å². The highest BCUT2D eigenvalue weighted by atomic mass is 79.9. The highest BCUT2D eigenvalue weighted by Crippen LogP contribution is 2.55. The van der Waals surface area contributed by atoms with E-state index in [1.807, 2.05) is 28.8 Å². The summed E-state index contributed by atoms with van der Waals surface area (Å²) in [6.07, 6.45) is -0.973. The first-order valence-corrected chi connectivity index (χ1v) is 14.1. The van der Waals surface area contributed by atoms with Crippen molar-refractivity contribution in [2.75, 3.05) is 0 Å². The molecular weight excluding hydrogens is 638 g/mol. The molecule has 1 aliphatic carbocycles. The van der Waals surface area contributed by atoms with E-state index >= 15 is 0 Å². The van der Waals surface area contributed by atoms with Crippen molar-refractivity contribution in [3.8, 4) is 27.8 Å². The van der Waals surface area contributed by atoms with Gasteiger partial charge in [0.1, 0.15) is 34.6 Å². The van der Waals surface area contributed by atoms with Crippen molar-refractivity contribution in [2.45, 2.75) is 37.4 Å². The summed E-state index contributed by atoms with van der Waals surface area (Å²) in [5, 5.41) is 13.5. The van der Waals surface area contributed by atoms with Crippen LogP contribution in [0.15, 0.2) is 59.6 Å². The molecule has 0 unspecified atom stereocenters. The van der Waals surface area contributed by atoms with E-state index in [-0.39, 0.29) is 29.4 Å². The zero-order valence-corrected chi connectivity index (χ0v) is 23.7. The summed E-state index contributed by atoms with van der Waals surface area (Å²) in [6, 6.07) is 12.6. The molecule has 0 amide bonds. The van der Waals surface area contributed by atoms with Gasteiger partial charge in [-0.2, -0.15) is 18.3 Å². The summed E-state index contributed by atoms with van der Waals surface area (Å²) in [4.78, 5) is 8.95. The third-order valence-corrected chi connectivity index (χ3v) is 9.01. The van der Waals surface area contributed by atoms with Crippen molar-refractivity contribution in [3.63, 3.8) is 0 Å². The first-order valence-electron chi connectivity index (χ1n) is 11.7. The van der Waals surface area contributed by atoms with Crippen LogP contribution in [-0.4, -0.2) is 40.7 Å². The van der Waals surface area contributed by atoms with Crippen molar-refractivity contribution in [3.05, 3.63) is 80.3 Å². The normalized spacial score (nSPS) is 14.9. The first kappa shape index (κ1) is 26.4. The molecule has 5 aromatic rings. The van der Waals surface area contributed by atoms with Gasteiger partial charge in [-0.05, 0) is 55.3 Å². The smallest absolute Gasteiger partial charge is 0.294 e. The minimum atomic E-state index is -4.41. The Balaban J connectivity index is 1.59. The Morgan fingerprint density at radius 2 is 1.82 bits per heavy atom. The van der Waals surface area contributed by atoms with Gasteiger partial charge in [0.15, 0.2) is 5.01 Å². The number of alkyl halides is 3. The van der Waals surface area contributed by atoms with Gasteiger partial charge in [0.2, 0.25) is 0 Å². The quantitative estimate of drug-likeness (QED) is 0.187. The average Bonchev–Trinajstić information content (AvgIpc) is 3.59. The van der Waals surface area contributed by atoms with E-state index in [4.69, 9.17) is 28.2 Å². The molecule has 0 N–H and O–H groups in total. The molecule has 14 heteroatoms. The Labute approximate surface area is 242 Å². The van der Waals surface area contributed by atoms with Crippen LogP contribution in [0.1, 0.15) is 30.0 Å². The fraction of sp³-hybridized carbons (Fsp3) is 0.240. The van der Waals surface area contributed by atoms with E-state index in [1.54, 1.807) is 29.2 Å². The lowest BCUT2D eigenvalue weighted by Gasteiger charge is -2.40. The van der Waals surface area contributed by atoms with Crippen LogP contribution in [0.5, 0.6) is 0 Å². The molecule has 200 valence electrons. The number of hydrogen-bond acceptors (Lipinski definition) is 6. The summed E-state index contributed by atoms with van der Waals surface area (Å²) >= 11 is 17.2. The predicted octanol–water partition coefficient (Wildman–Crippen LogP) is 7.75. The molecule has 1 fully saturated rings. The molecule has 0 atom stereocenters. The summed E-state index contributed by atoms with van der Waals surface area (Å²) < 4.78 is 46.6. The van der Waals surface area contributed by atoms with Crippen LogP contribution in [0.4, 0.5) is 13.2 Å². The van der Waals surface area contributed by atoms with Crippen molar-refractivity contribution in [1.29, 1.82) is 0 Å². The van der Waals surface area contributed by atoms with Crippen molar-refractivity contribution in [2.24, 2.45) is 0 Å². The largest absolute Gasteiger partial charge is 0.400 e. The second kappa shape index (κ2) is 9.99. The maximum absolute atomic E-state index is 14.1. The number of nitrogens with zero attached hydrogens (tertiary/aromatic N) is 7. The van der Waals surface area contributed by atoms with Gasteiger partial charge in [-0.3, -0.25) is 4.57 Å². The summed E-state index contributed by atoms with van der Waals surface area (Å²) in [5.74, 6) is 0.468. The number of aromatic nitrogens is 7. The molecule has 3 heterocycles. The van der Waals surface area contributed by atoms with E-state index in [0.29, 0.717) is 39.2 Å². The maximum Gasteiger partial charge on any atom is 0.400 e. The molecule has 0 aliphatic heterocycles. The Kier molecular flexibility index (Phi) is 6.77. The molecule has 1 aliphatic rings. The van der Waals surface area contributed by atoms with Gasteiger partial charge in [0.25, 0.3) is 0 Å². The van der Waals surface area contributed by atoms with Gasteiger partial charge in [0, 0.05) is 20.7 Å². The lowest BCUT2D eigenvalue weighted by molar-refractivity contribution is -0.212. The fourth-order valence-corrected chi connectivity index (χ4v) is 6.50. The maximum atomic E-state index is 14.1. The average molecular weight is 655 g/mol. The fourth-order valence-electron chi connectivity index (χ4n) is 4.62. The molecule has 6 rings (SSSR count). The molecule has 0 radical (unpaired) electrons. The molecule has 2 aromatic carbocycles. The van der Waals surface area contributed by atoms with Gasteiger partial charge in [-0.15, -0.1) is 10.2 Å². The van der Waals surface area contributed by atoms with E-state index in [9.17, 15) is 13.2 Å². The van der Waals surface area contributed by atoms with Crippen LogP contribution in [-0.2, 0) is 12.0 Å². The molecule has 0 bridgehead atoms. The monoisotopic (exact) mass is 653 g/mol. The predicted molar refractivity (Wildman–Crippen MR) is 146 cm³/mol. The van der Waals surface area contributed by atoms with Crippen LogP contribution < -0.4 is 0 Å². The Hall–Kier alpha value is -2.80. The van der Waals surface area contributed by atoms with E-state index in [2.05, 4.69) is 36.2 Å². The third kappa shape index (κ3) is 4.66. The topological polar surface area (TPSA) is 74.3 Å². The van der Waals surface area contributed by atoms with Crippen molar-refractivity contribution < 1.29 is 13.2 Å². The number of imidazole rings is 1. The van der Waals surface area contributed by atoms with Crippen LogP contribution in [0, 0.1) is 0 Å². The van der Waals surface area contributed by atoms with Gasteiger partial charge >= 0.3 is 6.18 Å². The molecule has 39 heavy (non-hydrogen) atoms. The summed E-state index contributed by atoms with van der Waals surface area (Å²) in [6.45, 7) is 0.211. The Morgan fingerprint density at radius 3 is 2.44 bits per heavy atom. The van der Waals surface area contributed by atoms with Crippen LogP contribution in [0.2, 0.25) is 10.0 Å². The molecule has 0 spiro atoms. The highest BCUT2D eigenvalue weighted by molar-refractivity contribution is 9.10. The molecule has 1 saturated carbocycles. The van der Waals surface area contributed by atoms with Crippen LogP contribution in [0.25, 0.3) is 27.8 Å². The molecule has 3 aromatic heterocycles. The minimum absolute atomic E-state index is 0.00405. The SMILES string of the molecule is FC(F)(F)C1(c2nnc(-c3nc(-c4ccc(Cl)cc4Cl)n(-c4ccc(Br)cc4)c3Cn3cncn3)s2)CCC1. The Bertz CT molecular complexity index is 1650. The van der Waals surface area contributed by atoms with Crippen molar-refractivity contribution in [1.82, 2.24) is 34.5 Å². The lowest BCUT2D eigenvalue weighted by Crippen LogP contribution is -2.47. The third-order valence-electron chi connectivity index (χ3n) is 6.79. The number of halogens is 6. The molecule has 7 nitrogen and oxygen atoms in total. The van der Waals surface area contributed by atoms with Crippen LogP contribution in [0.3, 0.4) is 0 Å². The summed E-state index contributed by atoms with van der Waals surface area (Å²) in [5.41, 5.74) is 0.385. The van der Waals surface area contributed by atoms with Gasteiger partial charge < -0.3 is 0 Å². The van der Waals surface area contributed by atoms with Gasteiger partial charge in [0.05, 0.1) is 17.3 Å². The number of rotatable bonds is 6. The van der Waals surface area contributed by atoms with Crippen LogP contribution >= 0.6 is 50.5 Å². The molecule has 0 saturated heterocycles. The van der Waals surface area contributed by atoms with E-state index in [1.165, 1.54) is 6.33 Å². The highest BCUT2D eigenvalue weighted by Gasteiger charge is 2.61. The second-order valence-electron chi connectivity index (χ2n) is 9.11. The standard InChI is InChI=1S/C25H17BrCl2F3N7S/c26-14-2-5-16(6-3-14)38-19(11-37-13-32-12-33-37)20(34-21(38)17-7-4-15(27)10-18(17)28)22-35-36-23(39-22)24(8-1-9-24)25(29,30)31/h2-7,10,12-13H,1,8-9,11H2. The number of hydrogen-bond donors (Lipinski definition) is 0. The minimum Gasteiger partial charge on any atom is -0.294 e. The zero-order valence-electron chi connectivity index (χ0n) is 19.8. The second-order valence-corrected chi connectivity index (χ2v) is 11.8. The number of benzene rings is 2. The van der Waals surface area contributed by atoms with Gasteiger partial charge in [-0.1, -0.05) is 56.9 Å². The Morgan fingerprint density at radius 1 is 1.05 bits per heavy atom. The summed E-state index contributed by atoms with van der Waals surface area (Å²) in [7, 11) is 0. The zero-order chi connectivity index (χ0) is 27.4. The lowest BCUT2D eigenvalue weighted by atomic mass is 9.68.